The van der Waals surface area contributed by atoms with E-state index in [0.29, 0.717) is 5.92 Å². The Morgan fingerprint density at radius 1 is 1.45 bits per heavy atom. The van der Waals surface area contributed by atoms with Crippen LogP contribution in [0.2, 0.25) is 0 Å². The first-order valence-electron chi connectivity index (χ1n) is 6.79. The van der Waals surface area contributed by atoms with Gasteiger partial charge in [-0.1, -0.05) is 6.92 Å². The van der Waals surface area contributed by atoms with E-state index in [9.17, 15) is 18.0 Å². The van der Waals surface area contributed by atoms with Crippen LogP contribution >= 0.6 is 0 Å². The third-order valence-corrected chi connectivity index (χ3v) is 3.68. The number of rotatable bonds is 5. The second-order valence-corrected chi connectivity index (χ2v) is 5.52. The Morgan fingerprint density at radius 2 is 2.10 bits per heavy atom. The second-order valence-electron chi connectivity index (χ2n) is 5.52. The van der Waals surface area contributed by atoms with Crippen LogP contribution in [0.25, 0.3) is 0 Å². The number of hydrogen-bond donors (Lipinski definition) is 0. The minimum Gasteiger partial charge on any atom is -0.372 e. The first-order chi connectivity index (χ1) is 9.20. The fourth-order valence-corrected chi connectivity index (χ4v) is 2.63. The molecule has 1 fully saturated rings. The summed E-state index contributed by atoms with van der Waals surface area (Å²) < 4.78 is 40.1. The molecular weight excluding hydrogens is 273 g/mol. The lowest BCUT2D eigenvalue weighted by Crippen LogP contribution is -2.49. The number of likely N-dealkylation sites (tertiary alicyclic amines) is 1. The van der Waals surface area contributed by atoms with Gasteiger partial charge in [-0.15, -0.1) is 0 Å². The molecule has 0 unspecified atom stereocenters. The van der Waals surface area contributed by atoms with Crippen molar-refractivity contribution in [3.05, 3.63) is 0 Å². The van der Waals surface area contributed by atoms with Gasteiger partial charge >= 0.3 is 6.18 Å². The molecule has 20 heavy (non-hydrogen) atoms. The third kappa shape index (κ3) is 5.66. The summed E-state index contributed by atoms with van der Waals surface area (Å²) in [5.41, 5.74) is 0. The van der Waals surface area contributed by atoms with Crippen molar-refractivity contribution in [2.45, 2.75) is 32.0 Å². The number of ether oxygens (including phenoxy) is 1. The number of alkyl halides is 3. The van der Waals surface area contributed by atoms with Crippen molar-refractivity contribution < 1.29 is 22.7 Å². The average Bonchev–Trinajstić information content (AvgIpc) is 2.32. The second kappa shape index (κ2) is 7.26. The van der Waals surface area contributed by atoms with Crippen molar-refractivity contribution in [3.8, 4) is 0 Å². The zero-order valence-corrected chi connectivity index (χ0v) is 12.2. The number of amides is 1. The molecule has 0 radical (unpaired) electrons. The summed E-state index contributed by atoms with van der Waals surface area (Å²) in [5, 5.41) is 0. The minimum absolute atomic E-state index is 0.00829. The van der Waals surface area contributed by atoms with E-state index in [1.165, 1.54) is 0 Å². The summed E-state index contributed by atoms with van der Waals surface area (Å²) in [6.07, 6.45) is -3.45. The van der Waals surface area contributed by atoms with E-state index < -0.39 is 12.8 Å². The number of piperidine rings is 1. The normalized spacial score (nSPS) is 24.7. The van der Waals surface area contributed by atoms with Crippen LogP contribution in [0.3, 0.4) is 0 Å². The Bertz CT molecular complexity index is 323. The van der Waals surface area contributed by atoms with Gasteiger partial charge in [0.2, 0.25) is 5.91 Å². The summed E-state index contributed by atoms with van der Waals surface area (Å²) in [7, 11) is 3.76. The maximum atomic E-state index is 11.9. The van der Waals surface area contributed by atoms with E-state index in [1.54, 1.807) is 11.9 Å². The molecule has 4 nitrogen and oxygen atoms in total. The molecule has 1 rings (SSSR count). The van der Waals surface area contributed by atoms with Gasteiger partial charge in [-0.05, 0) is 25.9 Å². The molecule has 0 bridgehead atoms. The molecule has 1 heterocycles. The van der Waals surface area contributed by atoms with Crippen molar-refractivity contribution in [3.63, 3.8) is 0 Å². The molecule has 7 heteroatoms. The van der Waals surface area contributed by atoms with Crippen LogP contribution < -0.4 is 0 Å². The van der Waals surface area contributed by atoms with E-state index in [2.05, 4.69) is 16.6 Å². The first kappa shape index (κ1) is 17.2. The minimum atomic E-state index is -4.34. The topological polar surface area (TPSA) is 32.8 Å². The van der Waals surface area contributed by atoms with Crippen LogP contribution in [0, 0.1) is 5.92 Å². The smallest absolute Gasteiger partial charge is 0.372 e. The van der Waals surface area contributed by atoms with Gasteiger partial charge in [-0.3, -0.25) is 4.79 Å². The maximum absolute atomic E-state index is 11.9. The van der Waals surface area contributed by atoms with Crippen molar-refractivity contribution in [2.75, 3.05) is 40.4 Å². The van der Waals surface area contributed by atoms with E-state index in [1.807, 2.05) is 7.05 Å². The fraction of sp³-hybridized carbons (Fsp3) is 0.923. The van der Waals surface area contributed by atoms with Crippen LogP contribution in [-0.4, -0.2) is 68.3 Å². The molecule has 1 amide bonds. The van der Waals surface area contributed by atoms with Crippen molar-refractivity contribution in [2.24, 2.45) is 5.92 Å². The summed E-state index contributed by atoms with van der Waals surface area (Å²) >= 11 is 0. The Morgan fingerprint density at radius 3 is 2.65 bits per heavy atom. The lowest BCUT2D eigenvalue weighted by atomic mass is 9.93. The number of carbonyl (C=O) groups excluding carboxylic acids is 1. The van der Waals surface area contributed by atoms with Crippen LogP contribution in [-0.2, 0) is 9.53 Å². The predicted molar refractivity (Wildman–Crippen MR) is 69.3 cm³/mol. The van der Waals surface area contributed by atoms with Crippen LogP contribution in [0.4, 0.5) is 13.2 Å². The van der Waals surface area contributed by atoms with E-state index in [4.69, 9.17) is 0 Å². The number of carbonyl (C=O) groups is 1. The molecule has 1 saturated heterocycles. The first-order valence-corrected chi connectivity index (χ1v) is 6.79. The highest BCUT2D eigenvalue weighted by Gasteiger charge is 2.30. The van der Waals surface area contributed by atoms with Crippen molar-refractivity contribution in [1.82, 2.24) is 9.80 Å². The SMILES string of the molecule is C[C@@H]1CN(C)CC[C@@H]1N(C)C(=O)CCOCC(F)(F)F. The average molecular weight is 296 g/mol. The van der Waals surface area contributed by atoms with Gasteiger partial charge in [-0.25, -0.2) is 0 Å². The largest absolute Gasteiger partial charge is 0.411 e. The lowest BCUT2D eigenvalue weighted by Gasteiger charge is -2.40. The maximum Gasteiger partial charge on any atom is 0.411 e. The van der Waals surface area contributed by atoms with Crippen LogP contribution in [0.5, 0.6) is 0 Å². The van der Waals surface area contributed by atoms with Gasteiger partial charge in [0.1, 0.15) is 6.61 Å². The molecule has 2 atom stereocenters. The fourth-order valence-electron chi connectivity index (χ4n) is 2.63. The molecule has 1 aliphatic rings. The van der Waals surface area contributed by atoms with Crippen molar-refractivity contribution in [1.29, 1.82) is 0 Å². The molecule has 118 valence electrons. The number of hydrogen-bond acceptors (Lipinski definition) is 3. The van der Waals surface area contributed by atoms with Gasteiger partial charge < -0.3 is 14.5 Å². The lowest BCUT2D eigenvalue weighted by molar-refractivity contribution is -0.175. The molecule has 0 aliphatic carbocycles. The predicted octanol–water partition coefficient (Wildman–Crippen LogP) is 1.75. The molecule has 0 spiro atoms. The molecular formula is C13H23F3N2O2. The Balaban J connectivity index is 2.32. The summed E-state index contributed by atoms with van der Waals surface area (Å²) in [6.45, 7) is 2.45. The van der Waals surface area contributed by atoms with Gasteiger partial charge in [-0.2, -0.15) is 13.2 Å². The Labute approximate surface area is 117 Å². The Kier molecular flexibility index (Phi) is 6.26. The molecule has 0 saturated carbocycles. The zero-order valence-electron chi connectivity index (χ0n) is 12.2. The number of nitrogens with zero attached hydrogens (tertiary/aromatic N) is 2. The van der Waals surface area contributed by atoms with E-state index >= 15 is 0 Å². The highest BCUT2D eigenvalue weighted by Crippen LogP contribution is 2.21. The molecule has 0 aromatic heterocycles. The van der Waals surface area contributed by atoms with E-state index in [-0.39, 0.29) is 25.0 Å². The summed E-state index contributed by atoms with van der Waals surface area (Å²) in [4.78, 5) is 15.8. The molecule has 0 aromatic carbocycles. The van der Waals surface area contributed by atoms with E-state index in [0.717, 1.165) is 19.5 Å². The summed E-state index contributed by atoms with van der Waals surface area (Å²) in [5.74, 6) is 0.201. The standard InChI is InChI=1S/C13H23F3N2O2/c1-10-8-17(2)6-4-11(10)18(3)12(19)5-7-20-9-13(14,15)16/h10-11H,4-9H2,1-3H3/t10-,11+/m1/s1. The summed E-state index contributed by atoms with van der Waals surface area (Å²) in [6, 6.07) is 0.154. The molecule has 0 aromatic rings. The zero-order chi connectivity index (χ0) is 15.3. The van der Waals surface area contributed by atoms with Crippen LogP contribution in [0.1, 0.15) is 19.8 Å². The van der Waals surface area contributed by atoms with Gasteiger partial charge in [0.15, 0.2) is 0 Å². The Hall–Kier alpha value is -0.820. The third-order valence-electron chi connectivity index (χ3n) is 3.68. The van der Waals surface area contributed by atoms with Crippen LogP contribution in [0.15, 0.2) is 0 Å². The quantitative estimate of drug-likeness (QED) is 0.725. The highest BCUT2D eigenvalue weighted by atomic mass is 19.4. The van der Waals surface area contributed by atoms with Gasteiger partial charge in [0, 0.05) is 19.6 Å². The number of halogens is 3. The molecule has 1 aliphatic heterocycles. The van der Waals surface area contributed by atoms with Gasteiger partial charge in [0.05, 0.1) is 13.0 Å². The highest BCUT2D eigenvalue weighted by molar-refractivity contribution is 5.76. The molecule has 0 N–H and O–H groups in total. The van der Waals surface area contributed by atoms with Crippen molar-refractivity contribution >= 4 is 5.91 Å². The monoisotopic (exact) mass is 296 g/mol. The van der Waals surface area contributed by atoms with Gasteiger partial charge in [0.25, 0.3) is 0 Å².